The zero-order valence-corrected chi connectivity index (χ0v) is 10.8. The maximum absolute atomic E-state index is 11.2. The van der Waals surface area contributed by atoms with Crippen molar-refractivity contribution in [1.29, 1.82) is 0 Å². The Labute approximate surface area is 107 Å². The number of rotatable bonds is 7. The predicted octanol–water partition coefficient (Wildman–Crippen LogP) is 1.44. The largest absolute Gasteiger partial charge is 0.478 e. The number of carbonyl (C=O) groups is 1. The smallest absolute Gasteiger partial charge is 0.337 e. The van der Waals surface area contributed by atoms with Gasteiger partial charge in [-0.3, -0.25) is 0 Å². The third-order valence-corrected chi connectivity index (χ3v) is 3.23. The molecule has 0 fully saturated rings. The summed E-state index contributed by atoms with van der Waals surface area (Å²) in [4.78, 5) is 11.2. The fraction of sp³-hybridized carbons (Fsp3) is 0.615. The van der Waals surface area contributed by atoms with E-state index in [-0.39, 0.29) is 24.6 Å². The average molecular weight is 255 g/mol. The average Bonchev–Trinajstić information content (AvgIpc) is 2.75. The molecule has 0 bridgehead atoms. The van der Waals surface area contributed by atoms with Gasteiger partial charge in [0.15, 0.2) is 0 Å². The second kappa shape index (κ2) is 6.56. The molecule has 0 aliphatic carbocycles. The Morgan fingerprint density at radius 2 is 2.00 bits per heavy atom. The molecule has 1 unspecified atom stereocenters. The van der Waals surface area contributed by atoms with Crippen LogP contribution in [0.2, 0.25) is 0 Å². The van der Waals surface area contributed by atoms with Gasteiger partial charge in [0, 0.05) is 11.9 Å². The van der Waals surface area contributed by atoms with Gasteiger partial charge in [0.25, 0.3) is 0 Å². The quantitative estimate of drug-likeness (QED) is 0.688. The molecule has 0 spiro atoms. The topological polar surface area (TPSA) is 82.7 Å². The Hall–Kier alpha value is -1.33. The van der Waals surface area contributed by atoms with E-state index < -0.39 is 12.1 Å². The van der Waals surface area contributed by atoms with Gasteiger partial charge < -0.3 is 19.9 Å². The van der Waals surface area contributed by atoms with E-state index in [1.807, 2.05) is 13.8 Å². The first-order valence-corrected chi connectivity index (χ1v) is 6.26. The second-order valence-electron chi connectivity index (χ2n) is 4.42. The third kappa shape index (κ3) is 3.11. The van der Waals surface area contributed by atoms with Crippen LogP contribution in [0.3, 0.4) is 0 Å². The number of carboxylic acid groups (broad SMARTS) is 1. The van der Waals surface area contributed by atoms with Gasteiger partial charge in [-0.1, -0.05) is 13.8 Å². The van der Waals surface area contributed by atoms with Crippen LogP contribution < -0.4 is 0 Å². The molecule has 0 aliphatic heterocycles. The molecule has 5 heteroatoms. The van der Waals surface area contributed by atoms with Crippen molar-refractivity contribution in [2.45, 2.75) is 45.3 Å². The van der Waals surface area contributed by atoms with Crippen LogP contribution in [0, 0.1) is 0 Å². The summed E-state index contributed by atoms with van der Waals surface area (Å²) < 4.78 is 1.74. The summed E-state index contributed by atoms with van der Waals surface area (Å²) >= 11 is 0. The third-order valence-electron chi connectivity index (χ3n) is 3.23. The Bertz CT molecular complexity index is 396. The van der Waals surface area contributed by atoms with E-state index in [1.54, 1.807) is 16.8 Å². The van der Waals surface area contributed by atoms with Crippen LogP contribution in [0.25, 0.3) is 0 Å². The van der Waals surface area contributed by atoms with Gasteiger partial charge in [0.2, 0.25) is 0 Å². The first kappa shape index (κ1) is 14.7. The second-order valence-corrected chi connectivity index (χ2v) is 4.42. The van der Waals surface area contributed by atoms with Crippen LogP contribution in [0.5, 0.6) is 0 Å². The number of aromatic carboxylic acids is 1. The van der Waals surface area contributed by atoms with Gasteiger partial charge in [0.05, 0.1) is 24.8 Å². The molecule has 18 heavy (non-hydrogen) atoms. The highest BCUT2D eigenvalue weighted by Gasteiger charge is 2.22. The summed E-state index contributed by atoms with van der Waals surface area (Å²) in [5, 5.41) is 27.6. The number of hydrogen-bond donors (Lipinski definition) is 3. The van der Waals surface area contributed by atoms with E-state index in [0.717, 1.165) is 18.5 Å². The molecule has 0 saturated heterocycles. The van der Waals surface area contributed by atoms with Crippen molar-refractivity contribution in [3.63, 3.8) is 0 Å². The highest BCUT2D eigenvalue weighted by Crippen LogP contribution is 2.27. The SMILES string of the molecule is CCC(CC)c1c(C(=O)O)ccn1CC(O)CO. The van der Waals surface area contributed by atoms with Gasteiger partial charge in [-0.2, -0.15) is 0 Å². The van der Waals surface area contributed by atoms with Crippen molar-refractivity contribution in [3.8, 4) is 0 Å². The molecule has 0 radical (unpaired) electrons. The normalized spacial score (nSPS) is 12.9. The lowest BCUT2D eigenvalue weighted by molar-refractivity contribution is 0.0691. The van der Waals surface area contributed by atoms with E-state index in [0.29, 0.717) is 0 Å². The van der Waals surface area contributed by atoms with Crippen LogP contribution in [-0.2, 0) is 6.54 Å². The van der Waals surface area contributed by atoms with Crippen LogP contribution in [-0.4, -0.2) is 38.6 Å². The number of aliphatic hydroxyl groups excluding tert-OH is 2. The molecular weight excluding hydrogens is 234 g/mol. The lowest BCUT2D eigenvalue weighted by Crippen LogP contribution is -2.22. The fourth-order valence-corrected chi connectivity index (χ4v) is 2.24. The van der Waals surface area contributed by atoms with Crippen molar-refractivity contribution >= 4 is 5.97 Å². The number of nitrogens with zero attached hydrogens (tertiary/aromatic N) is 1. The minimum Gasteiger partial charge on any atom is -0.478 e. The van der Waals surface area contributed by atoms with E-state index in [2.05, 4.69) is 0 Å². The summed E-state index contributed by atoms with van der Waals surface area (Å²) in [7, 11) is 0. The highest BCUT2D eigenvalue weighted by atomic mass is 16.4. The Morgan fingerprint density at radius 1 is 1.39 bits per heavy atom. The van der Waals surface area contributed by atoms with E-state index in [4.69, 9.17) is 5.11 Å². The molecule has 1 atom stereocenters. The summed E-state index contributed by atoms with van der Waals surface area (Å²) in [5.41, 5.74) is 1.02. The van der Waals surface area contributed by atoms with Crippen molar-refractivity contribution in [2.24, 2.45) is 0 Å². The maximum atomic E-state index is 11.2. The molecule has 1 aromatic heterocycles. The molecule has 3 N–H and O–H groups in total. The molecule has 102 valence electrons. The molecular formula is C13H21NO4. The molecule has 1 aromatic rings. The van der Waals surface area contributed by atoms with Crippen molar-refractivity contribution in [1.82, 2.24) is 4.57 Å². The van der Waals surface area contributed by atoms with Gasteiger partial charge in [0.1, 0.15) is 0 Å². The van der Waals surface area contributed by atoms with E-state index >= 15 is 0 Å². The lowest BCUT2D eigenvalue weighted by atomic mass is 9.96. The fourth-order valence-electron chi connectivity index (χ4n) is 2.24. The summed E-state index contributed by atoms with van der Waals surface area (Å²) in [6, 6.07) is 1.56. The van der Waals surface area contributed by atoms with Crippen LogP contribution in [0.1, 0.15) is 48.7 Å². The predicted molar refractivity (Wildman–Crippen MR) is 67.8 cm³/mol. The van der Waals surface area contributed by atoms with Crippen molar-refractivity contribution in [3.05, 3.63) is 23.5 Å². The summed E-state index contributed by atoms with van der Waals surface area (Å²) in [5.74, 6) is -0.800. The minimum atomic E-state index is -0.950. The minimum absolute atomic E-state index is 0.150. The number of carboxylic acids is 1. The summed E-state index contributed by atoms with van der Waals surface area (Å²) in [6.45, 7) is 3.91. The molecule has 5 nitrogen and oxygen atoms in total. The molecule has 0 aliphatic rings. The number of aliphatic hydroxyl groups is 2. The first-order chi connectivity index (χ1) is 8.54. The molecule has 1 heterocycles. The molecule has 1 rings (SSSR count). The molecule has 0 amide bonds. The Kier molecular flexibility index (Phi) is 5.37. The number of hydrogen-bond acceptors (Lipinski definition) is 3. The molecule has 0 saturated carbocycles. The van der Waals surface area contributed by atoms with Gasteiger partial charge in [-0.25, -0.2) is 4.79 Å². The Balaban J connectivity index is 3.14. The van der Waals surface area contributed by atoms with Crippen molar-refractivity contribution < 1.29 is 20.1 Å². The number of aromatic nitrogens is 1. The van der Waals surface area contributed by atoms with Crippen LogP contribution >= 0.6 is 0 Å². The van der Waals surface area contributed by atoms with Gasteiger partial charge >= 0.3 is 5.97 Å². The summed E-state index contributed by atoms with van der Waals surface area (Å²) in [6.07, 6.45) is 2.48. The molecule has 0 aromatic carbocycles. The lowest BCUT2D eigenvalue weighted by Gasteiger charge is -2.19. The Morgan fingerprint density at radius 3 is 2.44 bits per heavy atom. The van der Waals surface area contributed by atoms with Crippen molar-refractivity contribution in [2.75, 3.05) is 6.61 Å². The standard InChI is InChI=1S/C13H21NO4/c1-3-9(4-2)12-11(13(17)18)5-6-14(12)7-10(16)8-15/h5-6,9-10,15-16H,3-4,7-8H2,1-2H3,(H,17,18). The monoisotopic (exact) mass is 255 g/mol. The van der Waals surface area contributed by atoms with Gasteiger partial charge in [-0.15, -0.1) is 0 Å². The first-order valence-electron chi connectivity index (χ1n) is 6.26. The zero-order valence-electron chi connectivity index (χ0n) is 10.8. The van der Waals surface area contributed by atoms with Gasteiger partial charge in [-0.05, 0) is 24.8 Å². The van der Waals surface area contributed by atoms with Crippen LogP contribution in [0.15, 0.2) is 12.3 Å². The van der Waals surface area contributed by atoms with E-state index in [9.17, 15) is 15.0 Å². The zero-order chi connectivity index (χ0) is 13.7. The van der Waals surface area contributed by atoms with E-state index in [1.165, 1.54) is 0 Å². The maximum Gasteiger partial charge on any atom is 0.337 e. The highest BCUT2D eigenvalue weighted by molar-refractivity contribution is 5.89. The van der Waals surface area contributed by atoms with Crippen LogP contribution in [0.4, 0.5) is 0 Å².